The van der Waals surface area contributed by atoms with Gasteiger partial charge in [-0.3, -0.25) is 9.59 Å². The first-order valence-corrected chi connectivity index (χ1v) is 14.1. The molecule has 0 unspecified atom stereocenters. The van der Waals surface area contributed by atoms with Crippen LogP contribution in [-0.2, 0) is 16.1 Å². The molecular weight excluding hydrogens is 526 g/mol. The molecule has 1 aromatic carbocycles. The highest BCUT2D eigenvalue weighted by atomic mass is 35.5. The van der Waals surface area contributed by atoms with Crippen molar-refractivity contribution < 1.29 is 19.1 Å². The molecule has 3 rings (SSSR count). The standard InChI is InChI=1S/C27H38ClN5O4S/c1-18-10-11-23(24(28)19(18)2)37-27(36)32-13-14-33(26(35)21(29)9-5-6-12-31(3)4)22(17-32)25(34)30-16-20-8-7-15-38-20/h7-8,10-11,15,21-22H,5-6,9,12-14,16-17,29H2,1-4H3,(H,30,34)/t21-,22+/m1/s1. The van der Waals surface area contributed by atoms with Gasteiger partial charge in [0, 0.05) is 18.0 Å². The Kier molecular flexibility index (Phi) is 11.0. The number of unbranched alkanes of at least 4 members (excludes halogenated alkanes) is 1. The van der Waals surface area contributed by atoms with Gasteiger partial charge < -0.3 is 30.5 Å². The van der Waals surface area contributed by atoms with Crippen LogP contribution in [0.25, 0.3) is 0 Å². The molecular formula is C27H38ClN5O4S. The van der Waals surface area contributed by atoms with Crippen LogP contribution in [0.3, 0.4) is 0 Å². The summed E-state index contributed by atoms with van der Waals surface area (Å²) in [6, 6.07) is 5.73. The summed E-state index contributed by atoms with van der Waals surface area (Å²) in [7, 11) is 4.01. The normalized spacial score (nSPS) is 16.4. The molecule has 38 heavy (non-hydrogen) atoms. The summed E-state index contributed by atoms with van der Waals surface area (Å²) in [5.74, 6) is -0.360. The predicted molar refractivity (Wildman–Crippen MR) is 151 cm³/mol. The van der Waals surface area contributed by atoms with Crippen molar-refractivity contribution in [1.29, 1.82) is 0 Å². The van der Waals surface area contributed by atoms with Crippen LogP contribution in [0.15, 0.2) is 29.6 Å². The maximum Gasteiger partial charge on any atom is 0.415 e. The average Bonchev–Trinajstić information content (AvgIpc) is 3.42. The Bertz CT molecular complexity index is 1110. The fraction of sp³-hybridized carbons (Fsp3) is 0.519. The number of carbonyl (C=O) groups is 3. The van der Waals surface area contributed by atoms with E-state index in [1.54, 1.807) is 6.07 Å². The number of hydrogen-bond acceptors (Lipinski definition) is 7. The fourth-order valence-corrected chi connectivity index (χ4v) is 5.16. The molecule has 0 aliphatic carbocycles. The molecule has 0 saturated carbocycles. The van der Waals surface area contributed by atoms with Crippen LogP contribution in [-0.4, -0.2) is 85.0 Å². The first-order chi connectivity index (χ1) is 18.1. The SMILES string of the molecule is Cc1ccc(OC(=O)N2CCN(C(=O)[C@H](N)CCCCN(C)C)[C@H](C(=O)NCc3cccs3)C2)c(Cl)c1C. The Morgan fingerprint density at radius 2 is 1.97 bits per heavy atom. The Hall–Kier alpha value is -2.66. The minimum absolute atomic E-state index is 0.00331. The van der Waals surface area contributed by atoms with E-state index >= 15 is 0 Å². The molecule has 1 aromatic heterocycles. The highest BCUT2D eigenvalue weighted by Gasteiger charge is 2.39. The summed E-state index contributed by atoms with van der Waals surface area (Å²) in [6.45, 7) is 5.43. The molecule has 1 fully saturated rings. The van der Waals surface area contributed by atoms with Gasteiger partial charge in [-0.1, -0.05) is 30.2 Å². The maximum absolute atomic E-state index is 13.3. The van der Waals surface area contributed by atoms with Gasteiger partial charge in [0.05, 0.1) is 24.2 Å². The third kappa shape index (κ3) is 7.92. The Balaban J connectivity index is 1.70. The van der Waals surface area contributed by atoms with E-state index in [1.165, 1.54) is 21.1 Å². The quantitative estimate of drug-likeness (QED) is 0.429. The fourth-order valence-electron chi connectivity index (χ4n) is 4.27. The summed E-state index contributed by atoms with van der Waals surface area (Å²) in [6.07, 6.45) is 1.65. The second kappa shape index (κ2) is 13.9. The molecule has 3 N–H and O–H groups in total. The van der Waals surface area contributed by atoms with Crippen LogP contribution >= 0.6 is 22.9 Å². The minimum Gasteiger partial charge on any atom is -0.409 e. The lowest BCUT2D eigenvalue weighted by molar-refractivity contribution is -0.144. The Morgan fingerprint density at radius 1 is 1.21 bits per heavy atom. The summed E-state index contributed by atoms with van der Waals surface area (Å²) >= 11 is 7.92. The van der Waals surface area contributed by atoms with Crippen molar-refractivity contribution in [3.8, 4) is 5.75 Å². The lowest BCUT2D eigenvalue weighted by Crippen LogP contribution is -2.64. The minimum atomic E-state index is -0.883. The lowest BCUT2D eigenvalue weighted by Gasteiger charge is -2.41. The van der Waals surface area contributed by atoms with Crippen LogP contribution in [0.2, 0.25) is 5.02 Å². The highest BCUT2D eigenvalue weighted by molar-refractivity contribution is 7.09. The zero-order valence-electron chi connectivity index (χ0n) is 22.5. The molecule has 1 saturated heterocycles. The average molecular weight is 564 g/mol. The molecule has 1 aliphatic rings. The van der Waals surface area contributed by atoms with Crippen molar-refractivity contribution in [2.24, 2.45) is 5.73 Å². The first-order valence-electron chi connectivity index (χ1n) is 12.8. The van der Waals surface area contributed by atoms with Crippen molar-refractivity contribution >= 4 is 40.8 Å². The van der Waals surface area contributed by atoms with Gasteiger partial charge in [0.2, 0.25) is 11.8 Å². The van der Waals surface area contributed by atoms with Crippen LogP contribution in [0.1, 0.15) is 35.3 Å². The summed E-state index contributed by atoms with van der Waals surface area (Å²) in [4.78, 5) is 45.7. The molecule has 2 atom stereocenters. The van der Waals surface area contributed by atoms with E-state index < -0.39 is 18.2 Å². The zero-order chi connectivity index (χ0) is 27.8. The van der Waals surface area contributed by atoms with E-state index in [2.05, 4.69) is 10.2 Å². The van der Waals surface area contributed by atoms with Gasteiger partial charge in [0.1, 0.15) is 6.04 Å². The van der Waals surface area contributed by atoms with Crippen molar-refractivity contribution in [2.45, 2.75) is 51.7 Å². The molecule has 208 valence electrons. The van der Waals surface area contributed by atoms with Crippen molar-refractivity contribution in [3.63, 3.8) is 0 Å². The molecule has 2 heterocycles. The van der Waals surface area contributed by atoms with Crippen LogP contribution in [0.4, 0.5) is 4.79 Å². The number of nitrogens with two attached hydrogens (primary N) is 1. The number of aryl methyl sites for hydroxylation is 1. The topological polar surface area (TPSA) is 108 Å². The van der Waals surface area contributed by atoms with Gasteiger partial charge in [-0.2, -0.15) is 0 Å². The smallest absolute Gasteiger partial charge is 0.409 e. The number of amides is 3. The highest BCUT2D eigenvalue weighted by Crippen LogP contribution is 2.30. The molecule has 3 amide bonds. The Labute approximate surface area is 233 Å². The van der Waals surface area contributed by atoms with E-state index in [1.807, 2.05) is 51.5 Å². The van der Waals surface area contributed by atoms with Gasteiger partial charge in [0.25, 0.3) is 0 Å². The number of nitrogens with zero attached hydrogens (tertiary/aromatic N) is 3. The van der Waals surface area contributed by atoms with Gasteiger partial charge in [0.15, 0.2) is 5.75 Å². The molecule has 9 nitrogen and oxygen atoms in total. The van der Waals surface area contributed by atoms with Crippen molar-refractivity contribution in [1.82, 2.24) is 20.0 Å². The molecule has 0 spiro atoms. The predicted octanol–water partition coefficient (Wildman–Crippen LogP) is 3.41. The van der Waals surface area contributed by atoms with E-state index in [0.29, 0.717) is 18.0 Å². The first kappa shape index (κ1) is 29.9. The zero-order valence-corrected chi connectivity index (χ0v) is 24.1. The van der Waals surface area contributed by atoms with Crippen molar-refractivity contribution in [3.05, 3.63) is 50.7 Å². The maximum atomic E-state index is 13.3. The van der Waals surface area contributed by atoms with Gasteiger partial charge >= 0.3 is 6.09 Å². The molecule has 11 heteroatoms. The van der Waals surface area contributed by atoms with Crippen LogP contribution in [0, 0.1) is 13.8 Å². The second-order valence-corrected chi connectivity index (χ2v) is 11.3. The lowest BCUT2D eigenvalue weighted by atomic mass is 10.1. The van der Waals surface area contributed by atoms with Crippen LogP contribution in [0.5, 0.6) is 5.75 Å². The molecule has 2 aromatic rings. The summed E-state index contributed by atoms with van der Waals surface area (Å²) in [5.41, 5.74) is 8.08. The van der Waals surface area contributed by atoms with E-state index in [-0.39, 0.29) is 37.2 Å². The van der Waals surface area contributed by atoms with Crippen LogP contribution < -0.4 is 15.8 Å². The number of ether oxygens (including phenoxy) is 1. The molecule has 1 aliphatic heterocycles. The van der Waals surface area contributed by atoms with E-state index in [9.17, 15) is 14.4 Å². The van der Waals surface area contributed by atoms with Gasteiger partial charge in [-0.15, -0.1) is 11.3 Å². The summed E-state index contributed by atoms with van der Waals surface area (Å²) < 4.78 is 5.59. The summed E-state index contributed by atoms with van der Waals surface area (Å²) in [5, 5.41) is 5.21. The number of rotatable bonds is 10. The Morgan fingerprint density at radius 3 is 2.66 bits per heavy atom. The van der Waals surface area contributed by atoms with Crippen molar-refractivity contribution in [2.75, 3.05) is 40.3 Å². The monoisotopic (exact) mass is 563 g/mol. The third-order valence-corrected chi connectivity index (χ3v) is 8.09. The number of piperazine rings is 1. The number of carbonyl (C=O) groups excluding carboxylic acids is 3. The number of halogens is 1. The van der Waals surface area contributed by atoms with Gasteiger partial charge in [-0.05, 0) is 76.0 Å². The third-order valence-electron chi connectivity index (χ3n) is 6.75. The number of nitrogens with one attached hydrogen (secondary N) is 1. The molecule has 0 bridgehead atoms. The van der Waals surface area contributed by atoms with E-state index in [0.717, 1.165) is 35.4 Å². The number of hydrogen-bond donors (Lipinski definition) is 2. The largest absolute Gasteiger partial charge is 0.415 e. The second-order valence-electron chi connectivity index (χ2n) is 9.88. The van der Waals surface area contributed by atoms with Gasteiger partial charge in [-0.25, -0.2) is 4.79 Å². The number of benzene rings is 1. The molecule has 0 radical (unpaired) electrons. The number of thiophene rings is 1. The van der Waals surface area contributed by atoms with E-state index in [4.69, 9.17) is 22.1 Å².